The fraction of sp³-hybridized carbons (Fsp3) is 0.282. The number of thioether (sulfide) groups is 1. The number of carboxylic acid groups (broad SMARTS) is 1. The van der Waals surface area contributed by atoms with Crippen molar-refractivity contribution in [1.82, 2.24) is 25.4 Å². The number of nitrogens with zero attached hydrogens (tertiary/aromatic N) is 4. The quantitative estimate of drug-likeness (QED) is 0.105. The van der Waals surface area contributed by atoms with Crippen molar-refractivity contribution >= 4 is 35.5 Å². The fourth-order valence-electron chi connectivity index (χ4n) is 6.49. The van der Waals surface area contributed by atoms with E-state index in [1.807, 2.05) is 72.8 Å². The zero-order valence-corrected chi connectivity index (χ0v) is 30.2. The number of nitrogens with one attached hydrogen (secondary N) is 2. The summed E-state index contributed by atoms with van der Waals surface area (Å²) in [5.41, 5.74) is 3.68. The Kier molecular flexibility index (Phi) is 12.9. The van der Waals surface area contributed by atoms with Crippen molar-refractivity contribution in [2.24, 2.45) is 0 Å². The number of hydrogen-bond donors (Lipinski definition) is 4. The van der Waals surface area contributed by atoms with Gasteiger partial charge in [0.05, 0.1) is 38.5 Å². The molecule has 4 atom stereocenters. The number of morpholine rings is 1. The molecule has 3 aromatic carbocycles. The Morgan fingerprint density at radius 3 is 2.26 bits per heavy atom. The molecule has 14 nitrogen and oxygen atoms in total. The molecule has 0 saturated carbocycles. The minimum absolute atomic E-state index is 0.0456. The summed E-state index contributed by atoms with van der Waals surface area (Å²) in [5.74, 6) is -0.427. The third-order valence-corrected chi connectivity index (χ3v) is 10.0. The number of amides is 3. The lowest BCUT2D eigenvalue weighted by Gasteiger charge is -2.42. The van der Waals surface area contributed by atoms with Gasteiger partial charge in [-0.25, -0.2) is 9.59 Å². The van der Waals surface area contributed by atoms with Gasteiger partial charge in [0.1, 0.15) is 6.04 Å². The van der Waals surface area contributed by atoms with Crippen molar-refractivity contribution in [3.63, 3.8) is 0 Å². The molecule has 4 N–H and O–H groups in total. The zero-order valence-electron chi connectivity index (χ0n) is 29.4. The van der Waals surface area contributed by atoms with Crippen LogP contribution in [0.15, 0.2) is 119 Å². The largest absolute Gasteiger partial charge is 0.465 e. The number of aromatic nitrogens is 3. The highest BCUT2D eigenvalue weighted by Gasteiger charge is 2.40. The van der Waals surface area contributed by atoms with Gasteiger partial charge in [-0.3, -0.25) is 14.7 Å². The summed E-state index contributed by atoms with van der Waals surface area (Å²) < 4.78 is 17.1. The van der Waals surface area contributed by atoms with E-state index in [-0.39, 0.29) is 17.5 Å². The SMILES string of the molecule is COC(=O)N[C@H](C(=O)Nc1ccccc1CC[C@@H]1CN(C(=O)O)[C@H](CO)[C@@H](CSc2nnc(-c3ccncc3)o2)O1)C(c1ccccc1)c1ccccc1. The molecule has 0 unspecified atom stereocenters. The second kappa shape index (κ2) is 18.3. The summed E-state index contributed by atoms with van der Waals surface area (Å²) in [6.07, 6.45) is 0.942. The van der Waals surface area contributed by atoms with E-state index in [0.717, 1.165) is 16.7 Å². The van der Waals surface area contributed by atoms with E-state index < -0.39 is 54.9 Å². The fourth-order valence-corrected chi connectivity index (χ4v) is 7.33. The van der Waals surface area contributed by atoms with E-state index in [4.69, 9.17) is 13.9 Å². The molecular formula is C39H40N6O8S. The van der Waals surface area contributed by atoms with E-state index in [2.05, 4.69) is 25.8 Å². The summed E-state index contributed by atoms with van der Waals surface area (Å²) in [5, 5.41) is 34.6. The van der Waals surface area contributed by atoms with Gasteiger partial charge in [-0.1, -0.05) is 90.6 Å². The molecule has 3 heterocycles. The molecule has 280 valence electrons. The van der Waals surface area contributed by atoms with Gasteiger partial charge < -0.3 is 34.7 Å². The zero-order chi connectivity index (χ0) is 37.9. The first-order valence-electron chi connectivity index (χ1n) is 17.3. The lowest BCUT2D eigenvalue weighted by atomic mass is 9.84. The van der Waals surface area contributed by atoms with Crippen molar-refractivity contribution in [3.05, 3.63) is 126 Å². The van der Waals surface area contributed by atoms with Gasteiger partial charge in [-0.2, -0.15) is 0 Å². The van der Waals surface area contributed by atoms with Crippen molar-refractivity contribution in [1.29, 1.82) is 0 Å². The number of anilines is 1. The minimum Gasteiger partial charge on any atom is -0.465 e. The third-order valence-electron chi connectivity index (χ3n) is 9.14. The number of rotatable bonds is 14. The maximum atomic E-state index is 14.2. The standard InChI is InChI=1S/C39H40N6O8S/c1-51-37(48)42-34(33(26-11-4-2-5-12-26)27-13-6-3-7-14-27)35(47)41-30-15-9-8-10-25(30)16-17-29-22-45(39(49)50)31(23-46)32(52-29)24-54-38-44-43-36(53-38)28-18-20-40-21-19-28/h2-15,18-21,29,31-34,46H,16-17,22-24H2,1H3,(H,41,47)(H,42,48)(H,49,50)/t29-,31-,32-,34+/m1/s1. The lowest BCUT2D eigenvalue weighted by Crippen LogP contribution is -2.59. The molecule has 15 heteroatoms. The molecule has 54 heavy (non-hydrogen) atoms. The van der Waals surface area contributed by atoms with Crippen LogP contribution in [0.25, 0.3) is 11.5 Å². The van der Waals surface area contributed by atoms with E-state index in [1.165, 1.54) is 23.8 Å². The number of ether oxygens (including phenoxy) is 2. The van der Waals surface area contributed by atoms with Crippen LogP contribution < -0.4 is 10.6 Å². The Labute approximate surface area is 315 Å². The summed E-state index contributed by atoms with van der Waals surface area (Å²) in [7, 11) is 1.25. The monoisotopic (exact) mass is 752 g/mol. The van der Waals surface area contributed by atoms with E-state index in [1.54, 1.807) is 36.7 Å². The van der Waals surface area contributed by atoms with Crippen LogP contribution in [-0.4, -0.2) is 98.7 Å². The van der Waals surface area contributed by atoms with Gasteiger partial charge in [0.2, 0.25) is 11.8 Å². The molecule has 3 amide bonds. The number of pyridine rings is 1. The maximum Gasteiger partial charge on any atom is 0.407 e. The van der Waals surface area contributed by atoms with Crippen LogP contribution in [0.1, 0.15) is 29.0 Å². The van der Waals surface area contributed by atoms with Gasteiger partial charge in [-0.05, 0) is 47.7 Å². The highest BCUT2D eigenvalue weighted by atomic mass is 32.2. The number of carbonyl (C=O) groups is 3. The molecule has 1 fully saturated rings. The Balaban J connectivity index is 1.17. The number of alkyl carbamates (subject to hydrolysis) is 1. The van der Waals surface area contributed by atoms with Crippen LogP contribution in [0.5, 0.6) is 0 Å². The van der Waals surface area contributed by atoms with Crippen LogP contribution >= 0.6 is 11.8 Å². The number of aliphatic hydroxyl groups excluding tert-OH is 1. The number of aryl methyl sites for hydroxylation is 1. The third kappa shape index (κ3) is 9.41. The van der Waals surface area contributed by atoms with E-state index in [9.17, 15) is 24.6 Å². The predicted octanol–water partition coefficient (Wildman–Crippen LogP) is 5.46. The van der Waals surface area contributed by atoms with Gasteiger partial charge in [0.25, 0.3) is 5.22 Å². The first-order chi connectivity index (χ1) is 26.3. The average Bonchev–Trinajstić information content (AvgIpc) is 3.69. The number of para-hydroxylation sites is 1. The van der Waals surface area contributed by atoms with E-state index >= 15 is 0 Å². The number of methoxy groups -OCH3 is 1. The van der Waals surface area contributed by atoms with E-state index in [0.29, 0.717) is 30.0 Å². The van der Waals surface area contributed by atoms with Gasteiger partial charge in [0, 0.05) is 35.3 Å². The summed E-state index contributed by atoms with van der Waals surface area (Å²) >= 11 is 1.21. The highest BCUT2D eigenvalue weighted by molar-refractivity contribution is 7.99. The molecule has 5 aromatic rings. The molecular weight excluding hydrogens is 713 g/mol. The second-order valence-corrected chi connectivity index (χ2v) is 13.5. The predicted molar refractivity (Wildman–Crippen MR) is 200 cm³/mol. The molecule has 0 bridgehead atoms. The van der Waals surface area contributed by atoms with Gasteiger partial charge in [-0.15, -0.1) is 10.2 Å². The molecule has 1 aliphatic heterocycles. The topological polar surface area (TPSA) is 189 Å². The van der Waals surface area contributed by atoms with Crippen molar-refractivity contribution in [3.8, 4) is 11.5 Å². The van der Waals surface area contributed by atoms with Crippen LogP contribution in [-0.2, 0) is 20.7 Å². The Bertz CT molecular complexity index is 1950. The Hall–Kier alpha value is -5.77. The normalized spacial score (nSPS) is 17.5. The second-order valence-electron chi connectivity index (χ2n) is 12.5. The molecule has 1 saturated heterocycles. The molecule has 0 spiro atoms. The molecule has 0 aliphatic carbocycles. The number of benzene rings is 3. The number of hydrogen-bond acceptors (Lipinski definition) is 11. The summed E-state index contributed by atoms with van der Waals surface area (Å²) in [6.45, 7) is -0.386. The molecule has 6 rings (SSSR count). The Morgan fingerprint density at radius 1 is 0.944 bits per heavy atom. The average molecular weight is 753 g/mol. The summed E-state index contributed by atoms with van der Waals surface area (Å²) in [4.78, 5) is 44.4. The van der Waals surface area contributed by atoms with Crippen LogP contribution in [0.3, 0.4) is 0 Å². The summed E-state index contributed by atoms with van der Waals surface area (Å²) in [6, 6.07) is 27.9. The van der Waals surface area contributed by atoms with Crippen LogP contribution in [0.2, 0.25) is 0 Å². The van der Waals surface area contributed by atoms with Crippen molar-refractivity contribution in [2.75, 3.05) is 31.3 Å². The van der Waals surface area contributed by atoms with Crippen LogP contribution in [0.4, 0.5) is 15.3 Å². The Morgan fingerprint density at radius 2 is 1.61 bits per heavy atom. The lowest BCUT2D eigenvalue weighted by molar-refractivity contribution is -0.118. The van der Waals surface area contributed by atoms with Crippen molar-refractivity contribution < 1.29 is 38.5 Å². The first kappa shape index (κ1) is 38.0. The van der Waals surface area contributed by atoms with Gasteiger partial charge in [0.15, 0.2) is 0 Å². The van der Waals surface area contributed by atoms with Crippen LogP contribution in [0, 0.1) is 0 Å². The van der Waals surface area contributed by atoms with Gasteiger partial charge >= 0.3 is 12.2 Å². The molecule has 0 radical (unpaired) electrons. The first-order valence-corrected chi connectivity index (χ1v) is 18.3. The molecule has 1 aliphatic rings. The maximum absolute atomic E-state index is 14.2. The number of carbonyl (C=O) groups excluding carboxylic acids is 2. The smallest absolute Gasteiger partial charge is 0.407 e. The number of aliphatic hydroxyl groups is 1. The minimum atomic E-state index is -1.17. The highest BCUT2D eigenvalue weighted by Crippen LogP contribution is 2.31. The van der Waals surface area contributed by atoms with Crippen molar-refractivity contribution in [2.45, 2.75) is 48.3 Å². The molecule has 2 aromatic heterocycles.